The average molecular weight is 317 g/mol. The van der Waals surface area contributed by atoms with Crippen LogP contribution in [0.5, 0.6) is 5.75 Å². The van der Waals surface area contributed by atoms with Crippen molar-refractivity contribution in [3.8, 4) is 5.75 Å². The lowest BCUT2D eigenvalue weighted by atomic mass is 10.2. The second-order valence-corrected chi connectivity index (χ2v) is 6.65. The van der Waals surface area contributed by atoms with Gasteiger partial charge in [0.2, 0.25) is 5.91 Å². The average Bonchev–Trinajstić information content (AvgIpc) is 3.40. The van der Waals surface area contributed by atoms with Gasteiger partial charge < -0.3 is 15.0 Å². The molecule has 2 fully saturated rings. The zero-order chi connectivity index (χ0) is 16.2. The molecule has 1 aromatic rings. The Labute approximate surface area is 138 Å². The van der Waals surface area contributed by atoms with Crippen molar-refractivity contribution in [1.82, 2.24) is 10.2 Å². The lowest BCUT2D eigenvalue weighted by Gasteiger charge is -2.36. The molecular formula is C18H27N3O2. The third-order valence-corrected chi connectivity index (χ3v) is 4.89. The lowest BCUT2D eigenvalue weighted by molar-refractivity contribution is -0.123. The molecule has 1 aliphatic carbocycles. The molecule has 1 N–H and O–H groups in total. The van der Waals surface area contributed by atoms with Crippen molar-refractivity contribution in [1.29, 1.82) is 0 Å². The first-order chi connectivity index (χ1) is 11.2. The van der Waals surface area contributed by atoms with Crippen LogP contribution in [0, 0.1) is 5.92 Å². The molecule has 1 aromatic carbocycles. The molecule has 0 unspecified atom stereocenters. The molecule has 1 saturated heterocycles. The van der Waals surface area contributed by atoms with E-state index in [1.165, 1.54) is 18.5 Å². The van der Waals surface area contributed by atoms with Crippen LogP contribution in [0.4, 0.5) is 5.69 Å². The fourth-order valence-corrected chi connectivity index (χ4v) is 3.17. The molecule has 1 saturated carbocycles. The molecule has 5 heteroatoms. The third-order valence-electron chi connectivity index (χ3n) is 4.89. The molecule has 23 heavy (non-hydrogen) atoms. The van der Waals surface area contributed by atoms with E-state index < -0.39 is 0 Å². The minimum atomic E-state index is 0.169. The minimum Gasteiger partial charge on any atom is -0.497 e. The zero-order valence-corrected chi connectivity index (χ0v) is 14.1. The van der Waals surface area contributed by atoms with Gasteiger partial charge in [-0.2, -0.15) is 0 Å². The molecule has 126 valence electrons. The van der Waals surface area contributed by atoms with E-state index in [1.54, 1.807) is 7.11 Å². The van der Waals surface area contributed by atoms with E-state index >= 15 is 0 Å². The Morgan fingerprint density at radius 1 is 1.22 bits per heavy atom. The van der Waals surface area contributed by atoms with Crippen LogP contribution in [0.1, 0.15) is 19.8 Å². The number of carbonyl (C=O) groups is 1. The van der Waals surface area contributed by atoms with Gasteiger partial charge in [0, 0.05) is 37.9 Å². The van der Waals surface area contributed by atoms with E-state index in [0.717, 1.165) is 31.9 Å². The fourth-order valence-electron chi connectivity index (χ4n) is 3.17. The number of hydrogen-bond donors (Lipinski definition) is 1. The van der Waals surface area contributed by atoms with Gasteiger partial charge in [-0.15, -0.1) is 0 Å². The van der Waals surface area contributed by atoms with Crippen LogP contribution in [-0.4, -0.2) is 56.7 Å². The second kappa shape index (κ2) is 7.21. The summed E-state index contributed by atoms with van der Waals surface area (Å²) in [7, 11) is 1.68. The normalized spacial score (nSPS) is 20.2. The van der Waals surface area contributed by atoms with Crippen LogP contribution in [0.15, 0.2) is 24.3 Å². The van der Waals surface area contributed by atoms with Gasteiger partial charge in [0.1, 0.15) is 5.75 Å². The Morgan fingerprint density at radius 3 is 2.43 bits per heavy atom. The molecule has 1 heterocycles. The van der Waals surface area contributed by atoms with Gasteiger partial charge in [-0.1, -0.05) is 0 Å². The third kappa shape index (κ3) is 4.38. The van der Waals surface area contributed by atoms with E-state index in [1.807, 2.05) is 12.1 Å². The van der Waals surface area contributed by atoms with Gasteiger partial charge in [0.15, 0.2) is 0 Å². The van der Waals surface area contributed by atoms with Crippen molar-refractivity contribution >= 4 is 11.6 Å². The Bertz CT molecular complexity index is 520. The summed E-state index contributed by atoms with van der Waals surface area (Å²) < 4.78 is 5.20. The number of piperazine rings is 1. The number of anilines is 1. The molecule has 3 rings (SSSR count). The molecule has 0 bridgehead atoms. The summed E-state index contributed by atoms with van der Waals surface area (Å²) >= 11 is 0. The summed E-state index contributed by atoms with van der Waals surface area (Å²) in [6, 6.07) is 8.52. The molecule has 0 radical (unpaired) electrons. The molecule has 1 atom stereocenters. The molecule has 5 nitrogen and oxygen atoms in total. The topological polar surface area (TPSA) is 44.8 Å². The van der Waals surface area contributed by atoms with Crippen LogP contribution in [0.2, 0.25) is 0 Å². The van der Waals surface area contributed by atoms with Crippen molar-refractivity contribution in [2.24, 2.45) is 5.92 Å². The summed E-state index contributed by atoms with van der Waals surface area (Å²) in [6.07, 6.45) is 2.53. The Hall–Kier alpha value is -1.75. The van der Waals surface area contributed by atoms with Gasteiger partial charge in [0.05, 0.1) is 13.7 Å². The number of amides is 1. The number of benzene rings is 1. The van der Waals surface area contributed by atoms with Crippen LogP contribution < -0.4 is 15.0 Å². The number of nitrogens with zero attached hydrogens (tertiary/aromatic N) is 2. The van der Waals surface area contributed by atoms with Crippen molar-refractivity contribution in [3.05, 3.63) is 24.3 Å². The molecule has 0 aromatic heterocycles. The van der Waals surface area contributed by atoms with Crippen molar-refractivity contribution in [2.45, 2.75) is 25.8 Å². The number of nitrogens with one attached hydrogen (secondary N) is 1. The number of methoxy groups -OCH3 is 1. The highest BCUT2D eigenvalue weighted by atomic mass is 16.5. The fraction of sp³-hybridized carbons (Fsp3) is 0.611. The first-order valence-corrected chi connectivity index (χ1v) is 8.56. The number of hydrogen-bond acceptors (Lipinski definition) is 4. The van der Waals surface area contributed by atoms with Crippen molar-refractivity contribution in [2.75, 3.05) is 44.7 Å². The van der Waals surface area contributed by atoms with Crippen molar-refractivity contribution in [3.63, 3.8) is 0 Å². The highest BCUT2D eigenvalue weighted by Gasteiger charge is 2.29. The number of rotatable bonds is 6. The number of carbonyl (C=O) groups excluding carboxylic acids is 1. The van der Waals surface area contributed by atoms with Crippen LogP contribution >= 0.6 is 0 Å². The first kappa shape index (κ1) is 16.1. The lowest BCUT2D eigenvalue weighted by Crippen LogP contribution is -2.50. The van der Waals surface area contributed by atoms with E-state index in [9.17, 15) is 4.79 Å². The van der Waals surface area contributed by atoms with Gasteiger partial charge in [-0.05, 0) is 49.9 Å². The van der Waals surface area contributed by atoms with Crippen molar-refractivity contribution < 1.29 is 9.53 Å². The van der Waals surface area contributed by atoms with E-state index in [0.29, 0.717) is 18.5 Å². The summed E-state index contributed by atoms with van der Waals surface area (Å²) in [5.41, 5.74) is 1.22. The maximum Gasteiger partial charge on any atom is 0.234 e. The highest BCUT2D eigenvalue weighted by Crippen LogP contribution is 2.32. The summed E-state index contributed by atoms with van der Waals surface area (Å²) in [5, 5.41) is 3.14. The van der Waals surface area contributed by atoms with Crippen LogP contribution in [0.25, 0.3) is 0 Å². The Balaban J connectivity index is 1.43. The predicted molar refractivity (Wildman–Crippen MR) is 92.0 cm³/mol. The highest BCUT2D eigenvalue weighted by molar-refractivity contribution is 5.78. The first-order valence-electron chi connectivity index (χ1n) is 8.56. The Morgan fingerprint density at radius 2 is 1.87 bits per heavy atom. The molecule has 2 aliphatic rings. The maximum absolute atomic E-state index is 12.1. The predicted octanol–water partition coefficient (Wildman–Crippen LogP) is 1.73. The quantitative estimate of drug-likeness (QED) is 0.868. The summed E-state index contributed by atoms with van der Waals surface area (Å²) in [4.78, 5) is 16.7. The molecule has 1 amide bonds. The van der Waals surface area contributed by atoms with Gasteiger partial charge in [-0.25, -0.2) is 0 Å². The molecule has 1 aliphatic heterocycles. The van der Waals surface area contributed by atoms with Crippen LogP contribution in [0.3, 0.4) is 0 Å². The second-order valence-electron chi connectivity index (χ2n) is 6.65. The molecule has 0 spiro atoms. The summed E-state index contributed by atoms with van der Waals surface area (Å²) in [6.45, 7) is 6.41. The zero-order valence-electron chi connectivity index (χ0n) is 14.1. The number of ether oxygens (including phenoxy) is 1. The standard InChI is InChI=1S/C18H27N3O2/c1-14(15-3-4-15)19-18(22)13-20-9-11-21(12-10-20)16-5-7-17(23-2)8-6-16/h5-8,14-15H,3-4,9-13H2,1-2H3,(H,19,22)/t14-/m0/s1. The van der Waals surface area contributed by atoms with E-state index in [-0.39, 0.29) is 5.91 Å². The smallest absolute Gasteiger partial charge is 0.234 e. The van der Waals surface area contributed by atoms with Crippen LogP contribution in [-0.2, 0) is 4.79 Å². The Kier molecular flexibility index (Phi) is 5.06. The van der Waals surface area contributed by atoms with E-state index in [4.69, 9.17) is 4.74 Å². The van der Waals surface area contributed by atoms with Gasteiger partial charge >= 0.3 is 0 Å². The van der Waals surface area contributed by atoms with E-state index in [2.05, 4.69) is 34.2 Å². The summed E-state index contributed by atoms with van der Waals surface area (Å²) in [5.74, 6) is 1.77. The maximum atomic E-state index is 12.1. The minimum absolute atomic E-state index is 0.169. The van der Waals surface area contributed by atoms with Gasteiger partial charge in [-0.3, -0.25) is 9.69 Å². The largest absolute Gasteiger partial charge is 0.497 e. The SMILES string of the molecule is COc1ccc(N2CCN(CC(=O)N[C@@H](C)C3CC3)CC2)cc1. The monoisotopic (exact) mass is 317 g/mol. The van der Waals surface area contributed by atoms with Gasteiger partial charge in [0.25, 0.3) is 0 Å². The molecular weight excluding hydrogens is 290 g/mol.